The van der Waals surface area contributed by atoms with Crippen molar-refractivity contribution in [3.05, 3.63) is 83.3 Å². The monoisotopic (exact) mass is 532 g/mol. The van der Waals surface area contributed by atoms with Crippen LogP contribution in [0.4, 0.5) is 4.39 Å². The number of carbonyl (C=O) groups is 2. The zero-order valence-corrected chi connectivity index (χ0v) is 22.2. The summed E-state index contributed by atoms with van der Waals surface area (Å²) in [4.78, 5) is 34.8. The molecule has 1 saturated carbocycles. The normalized spacial score (nSPS) is 14.0. The predicted octanol–water partition coefficient (Wildman–Crippen LogP) is 6.25. The van der Waals surface area contributed by atoms with Gasteiger partial charge in [0.15, 0.2) is 5.92 Å². The lowest BCUT2D eigenvalue weighted by molar-refractivity contribution is -0.161. The molecular weight excluding hydrogens is 503 g/mol. The first-order valence-corrected chi connectivity index (χ1v) is 13.7. The molecular formula is C30H29FN2O4S. The summed E-state index contributed by atoms with van der Waals surface area (Å²) in [6.07, 6.45) is 2.62. The Bertz CT molecular complexity index is 1450. The van der Waals surface area contributed by atoms with Crippen LogP contribution in [-0.2, 0) is 30.9 Å². The summed E-state index contributed by atoms with van der Waals surface area (Å²) in [5.74, 6) is -2.68. The lowest BCUT2D eigenvalue weighted by Gasteiger charge is -2.14. The maximum absolute atomic E-state index is 15.2. The van der Waals surface area contributed by atoms with Crippen LogP contribution in [0.2, 0.25) is 0 Å². The number of carbonyl (C=O) groups excluding carboxylic acids is 2. The van der Waals surface area contributed by atoms with Crippen LogP contribution in [-0.4, -0.2) is 35.1 Å². The van der Waals surface area contributed by atoms with Gasteiger partial charge < -0.3 is 9.47 Å². The molecule has 0 radical (unpaired) electrons. The van der Waals surface area contributed by atoms with Crippen LogP contribution in [0, 0.1) is 11.7 Å². The fourth-order valence-electron chi connectivity index (χ4n) is 4.79. The first-order valence-electron chi connectivity index (χ1n) is 12.9. The Kier molecular flexibility index (Phi) is 7.51. The van der Waals surface area contributed by atoms with E-state index in [9.17, 15) is 9.59 Å². The molecule has 0 bridgehead atoms. The number of nitrogens with zero attached hydrogens (tertiary/aromatic N) is 2. The van der Waals surface area contributed by atoms with Gasteiger partial charge in [0.1, 0.15) is 21.2 Å². The van der Waals surface area contributed by atoms with Crippen molar-refractivity contribution in [1.82, 2.24) is 9.97 Å². The molecule has 1 fully saturated rings. The van der Waals surface area contributed by atoms with E-state index in [4.69, 9.17) is 14.5 Å². The molecule has 0 aliphatic heterocycles. The number of pyridine rings is 1. The van der Waals surface area contributed by atoms with Gasteiger partial charge in [-0.1, -0.05) is 47.7 Å². The molecule has 8 heteroatoms. The van der Waals surface area contributed by atoms with Gasteiger partial charge in [-0.05, 0) is 74.9 Å². The zero-order chi connectivity index (χ0) is 26.7. The van der Waals surface area contributed by atoms with Crippen LogP contribution in [0.25, 0.3) is 20.9 Å². The second kappa shape index (κ2) is 11.0. The SMILES string of the molecule is CCOC(=O)C(CCc1ccc(-c2nc3ccc(C4(c5ccccc5)CC4)nc3s2)c(F)c1)C(=O)OCC. The standard InChI is InChI=1S/C30H29FN2O4S/c1-3-36-28(34)22(29(35)37-4-2)13-11-19-10-12-21(23(31)18-19)26-32-24-14-15-25(33-27(24)38-26)30(16-17-30)20-8-6-5-7-9-20/h5-10,12,14-15,18,22H,3-4,11,13,16-17H2,1-2H3. The average Bonchev–Trinajstić information content (AvgIpc) is 3.62. The number of thiazole rings is 1. The molecule has 2 heterocycles. The predicted molar refractivity (Wildman–Crippen MR) is 144 cm³/mol. The Balaban J connectivity index is 1.34. The van der Waals surface area contributed by atoms with Crippen molar-refractivity contribution >= 4 is 33.6 Å². The van der Waals surface area contributed by atoms with E-state index < -0.39 is 23.7 Å². The summed E-state index contributed by atoms with van der Waals surface area (Å²) < 4.78 is 25.3. The number of hydrogen-bond donors (Lipinski definition) is 0. The number of halogens is 1. The van der Waals surface area contributed by atoms with Gasteiger partial charge in [0, 0.05) is 11.0 Å². The Morgan fingerprint density at radius 2 is 1.68 bits per heavy atom. The summed E-state index contributed by atoms with van der Waals surface area (Å²) in [5, 5.41) is 0.564. The molecule has 6 nitrogen and oxygen atoms in total. The van der Waals surface area contributed by atoms with Gasteiger partial charge in [0.25, 0.3) is 0 Å². The third kappa shape index (κ3) is 5.18. The van der Waals surface area contributed by atoms with Crippen molar-refractivity contribution in [3.8, 4) is 10.6 Å². The summed E-state index contributed by atoms with van der Waals surface area (Å²) >= 11 is 1.38. The highest BCUT2D eigenvalue weighted by Gasteiger charge is 2.47. The molecule has 196 valence electrons. The highest BCUT2D eigenvalue weighted by atomic mass is 32.1. The van der Waals surface area contributed by atoms with Crippen LogP contribution in [0.15, 0.2) is 60.7 Å². The van der Waals surface area contributed by atoms with E-state index in [1.165, 1.54) is 23.0 Å². The quantitative estimate of drug-likeness (QED) is 0.177. The minimum Gasteiger partial charge on any atom is -0.465 e. The minimum atomic E-state index is -1.03. The van der Waals surface area contributed by atoms with Crippen LogP contribution in [0.1, 0.15) is 49.9 Å². The summed E-state index contributed by atoms with van der Waals surface area (Å²) in [7, 11) is 0. The molecule has 0 saturated heterocycles. The number of rotatable bonds is 10. The summed E-state index contributed by atoms with van der Waals surface area (Å²) in [5.41, 5.74) is 4.07. The smallest absolute Gasteiger partial charge is 0.320 e. The van der Waals surface area contributed by atoms with Gasteiger partial charge in [-0.3, -0.25) is 9.59 Å². The number of ether oxygens (including phenoxy) is 2. The van der Waals surface area contributed by atoms with Crippen molar-refractivity contribution < 1.29 is 23.5 Å². The third-order valence-electron chi connectivity index (χ3n) is 6.95. The van der Waals surface area contributed by atoms with Gasteiger partial charge in [0.05, 0.1) is 18.9 Å². The number of aryl methyl sites for hydroxylation is 1. The fourth-order valence-corrected chi connectivity index (χ4v) is 5.75. The van der Waals surface area contributed by atoms with Gasteiger partial charge in [0.2, 0.25) is 0 Å². The van der Waals surface area contributed by atoms with Gasteiger partial charge in [-0.15, -0.1) is 0 Å². The second-order valence-corrected chi connectivity index (χ2v) is 10.4. The van der Waals surface area contributed by atoms with E-state index in [1.807, 2.05) is 18.2 Å². The van der Waals surface area contributed by atoms with Crippen LogP contribution in [0.3, 0.4) is 0 Å². The summed E-state index contributed by atoms with van der Waals surface area (Å²) in [6.45, 7) is 3.70. The molecule has 0 N–H and O–H groups in total. The molecule has 0 spiro atoms. The molecule has 1 aliphatic rings. The highest BCUT2D eigenvalue weighted by Crippen LogP contribution is 2.53. The highest BCUT2D eigenvalue weighted by molar-refractivity contribution is 7.21. The van der Waals surface area contributed by atoms with Crippen LogP contribution in [0.5, 0.6) is 0 Å². The number of hydrogen-bond acceptors (Lipinski definition) is 7. The first kappa shape index (κ1) is 26.0. The molecule has 2 aromatic heterocycles. The van der Waals surface area contributed by atoms with E-state index in [-0.39, 0.29) is 25.0 Å². The lowest BCUT2D eigenvalue weighted by Crippen LogP contribution is -2.28. The van der Waals surface area contributed by atoms with E-state index in [0.29, 0.717) is 22.6 Å². The number of fused-ring (bicyclic) bond motifs is 1. The number of esters is 2. The zero-order valence-electron chi connectivity index (χ0n) is 21.4. The minimum absolute atomic E-state index is 0.0442. The van der Waals surface area contributed by atoms with Crippen molar-refractivity contribution in [1.29, 1.82) is 0 Å². The number of aromatic nitrogens is 2. The molecule has 0 unspecified atom stereocenters. The molecule has 0 amide bonds. The third-order valence-corrected chi connectivity index (χ3v) is 7.95. The van der Waals surface area contributed by atoms with Gasteiger partial charge in [-0.25, -0.2) is 14.4 Å². The Morgan fingerprint density at radius 3 is 2.32 bits per heavy atom. The average molecular weight is 533 g/mol. The topological polar surface area (TPSA) is 78.4 Å². The number of benzene rings is 2. The van der Waals surface area contributed by atoms with Gasteiger partial charge >= 0.3 is 11.9 Å². The van der Waals surface area contributed by atoms with E-state index in [0.717, 1.165) is 28.9 Å². The van der Waals surface area contributed by atoms with Crippen LogP contribution >= 0.6 is 11.3 Å². The fraction of sp³-hybridized carbons (Fsp3) is 0.333. The Hall–Kier alpha value is -3.65. The maximum Gasteiger partial charge on any atom is 0.320 e. The Labute approximate surface area is 224 Å². The lowest BCUT2D eigenvalue weighted by atomic mass is 9.92. The Morgan fingerprint density at radius 1 is 0.974 bits per heavy atom. The van der Waals surface area contributed by atoms with E-state index in [1.54, 1.807) is 26.0 Å². The molecule has 5 rings (SSSR count). The first-order chi connectivity index (χ1) is 18.4. The molecule has 0 atom stereocenters. The van der Waals surface area contributed by atoms with E-state index >= 15 is 4.39 Å². The largest absolute Gasteiger partial charge is 0.465 e. The second-order valence-electron chi connectivity index (χ2n) is 9.40. The summed E-state index contributed by atoms with van der Waals surface area (Å²) in [6, 6.07) is 19.4. The van der Waals surface area contributed by atoms with Crippen molar-refractivity contribution in [2.75, 3.05) is 13.2 Å². The van der Waals surface area contributed by atoms with E-state index in [2.05, 4.69) is 29.2 Å². The van der Waals surface area contributed by atoms with Crippen molar-refractivity contribution in [2.45, 2.75) is 44.9 Å². The van der Waals surface area contributed by atoms with Gasteiger partial charge in [-0.2, -0.15) is 0 Å². The molecule has 1 aliphatic carbocycles. The molecule has 2 aromatic carbocycles. The van der Waals surface area contributed by atoms with Crippen LogP contribution < -0.4 is 0 Å². The maximum atomic E-state index is 15.2. The van der Waals surface area contributed by atoms with Crippen molar-refractivity contribution in [3.63, 3.8) is 0 Å². The molecule has 4 aromatic rings. The molecule has 38 heavy (non-hydrogen) atoms. The van der Waals surface area contributed by atoms with Crippen molar-refractivity contribution in [2.24, 2.45) is 5.92 Å².